The third-order valence-corrected chi connectivity index (χ3v) is 3.50. The lowest BCUT2D eigenvalue weighted by Crippen LogP contribution is -2.32. The van der Waals surface area contributed by atoms with Crippen molar-refractivity contribution in [2.45, 2.75) is 20.3 Å². The molecule has 0 aliphatic rings. The lowest BCUT2D eigenvalue weighted by Gasteiger charge is -2.15. The normalized spacial score (nSPS) is 10.8. The second kappa shape index (κ2) is 7.74. The fourth-order valence-corrected chi connectivity index (χ4v) is 2.26. The molecule has 0 bridgehead atoms. The molecule has 128 valence electrons. The first-order valence-corrected chi connectivity index (χ1v) is 7.69. The Hall–Kier alpha value is -2.67. The van der Waals surface area contributed by atoms with Gasteiger partial charge in [0.15, 0.2) is 0 Å². The fourth-order valence-electron chi connectivity index (χ4n) is 2.26. The van der Waals surface area contributed by atoms with E-state index in [1.807, 2.05) is 38.1 Å². The highest BCUT2D eigenvalue weighted by atomic mass is 16.4. The van der Waals surface area contributed by atoms with Crippen LogP contribution in [0.1, 0.15) is 17.7 Å². The molecule has 2 aromatic rings. The van der Waals surface area contributed by atoms with Gasteiger partial charge in [0.1, 0.15) is 5.82 Å². The number of aliphatic carboxylic acids is 1. The van der Waals surface area contributed by atoms with Crippen molar-refractivity contribution in [3.05, 3.63) is 41.6 Å². The number of hydrogen-bond acceptors (Lipinski definition) is 4. The molecule has 0 aliphatic heterocycles. The second-order valence-corrected chi connectivity index (χ2v) is 5.85. The zero-order valence-corrected chi connectivity index (χ0v) is 14.1. The number of aromatic nitrogens is 2. The van der Waals surface area contributed by atoms with Crippen LogP contribution in [0.15, 0.2) is 30.3 Å². The number of rotatable bonds is 7. The first-order chi connectivity index (χ1) is 11.3. The van der Waals surface area contributed by atoms with Gasteiger partial charge in [-0.1, -0.05) is 17.7 Å². The monoisotopic (exact) mass is 330 g/mol. The molecular weight excluding hydrogens is 308 g/mol. The number of hydrogen-bond donors (Lipinski definition) is 2. The maximum absolute atomic E-state index is 12.2. The third-order valence-electron chi connectivity index (χ3n) is 3.50. The van der Waals surface area contributed by atoms with Gasteiger partial charge in [0.25, 0.3) is 0 Å². The molecule has 0 saturated carbocycles. The van der Waals surface area contributed by atoms with Crippen molar-refractivity contribution in [1.82, 2.24) is 14.7 Å². The summed E-state index contributed by atoms with van der Waals surface area (Å²) in [5.74, 6) is -0.500. The lowest BCUT2D eigenvalue weighted by atomic mass is 10.2. The number of likely N-dealkylation sites (N-methyl/N-ethyl adjacent to an activating group) is 1. The molecule has 2 rings (SSSR count). The zero-order valence-electron chi connectivity index (χ0n) is 14.1. The highest BCUT2D eigenvalue weighted by molar-refractivity contribution is 5.91. The van der Waals surface area contributed by atoms with Crippen LogP contribution in [0.5, 0.6) is 0 Å². The van der Waals surface area contributed by atoms with E-state index >= 15 is 0 Å². The standard InChI is InChI=1S/C17H22N4O3/c1-12-4-6-14(7-5-12)21-15(10-13(2)19-21)18-16(22)11-20(3)9-8-17(23)24/h4-7,10H,8-9,11H2,1-3H3,(H,18,22)(H,23,24). The molecule has 0 aliphatic carbocycles. The number of carboxylic acid groups (broad SMARTS) is 1. The van der Waals surface area contributed by atoms with E-state index < -0.39 is 5.97 Å². The number of benzene rings is 1. The summed E-state index contributed by atoms with van der Waals surface area (Å²) in [6.45, 7) is 4.30. The highest BCUT2D eigenvalue weighted by Crippen LogP contribution is 2.17. The van der Waals surface area contributed by atoms with E-state index in [2.05, 4.69) is 10.4 Å². The molecule has 0 atom stereocenters. The van der Waals surface area contributed by atoms with E-state index in [-0.39, 0.29) is 18.9 Å². The topological polar surface area (TPSA) is 87.5 Å². The van der Waals surface area contributed by atoms with Gasteiger partial charge in [-0.2, -0.15) is 5.10 Å². The Bertz CT molecular complexity index is 722. The quantitative estimate of drug-likeness (QED) is 0.809. The largest absolute Gasteiger partial charge is 0.481 e. The minimum Gasteiger partial charge on any atom is -0.481 e. The van der Waals surface area contributed by atoms with Crippen molar-refractivity contribution in [2.24, 2.45) is 0 Å². The van der Waals surface area contributed by atoms with Gasteiger partial charge in [0.2, 0.25) is 5.91 Å². The maximum Gasteiger partial charge on any atom is 0.304 e. The van der Waals surface area contributed by atoms with Crippen LogP contribution in [0, 0.1) is 13.8 Å². The van der Waals surface area contributed by atoms with E-state index in [1.54, 1.807) is 22.7 Å². The molecule has 1 aromatic carbocycles. The zero-order chi connectivity index (χ0) is 17.7. The summed E-state index contributed by atoms with van der Waals surface area (Å²) < 4.78 is 1.68. The SMILES string of the molecule is Cc1ccc(-n2nc(C)cc2NC(=O)CN(C)CCC(=O)O)cc1. The Balaban J connectivity index is 2.06. The molecule has 24 heavy (non-hydrogen) atoms. The molecule has 7 heteroatoms. The molecule has 0 fully saturated rings. The van der Waals surface area contributed by atoms with Crippen LogP contribution < -0.4 is 5.32 Å². The molecule has 2 N–H and O–H groups in total. The van der Waals surface area contributed by atoms with Crippen LogP contribution in [0.25, 0.3) is 5.69 Å². The van der Waals surface area contributed by atoms with E-state index in [4.69, 9.17) is 5.11 Å². The van der Waals surface area contributed by atoms with Crippen molar-refractivity contribution in [3.8, 4) is 5.69 Å². The second-order valence-electron chi connectivity index (χ2n) is 5.85. The Kier molecular flexibility index (Phi) is 5.70. The van der Waals surface area contributed by atoms with E-state index in [0.29, 0.717) is 12.4 Å². The summed E-state index contributed by atoms with van der Waals surface area (Å²) in [4.78, 5) is 24.4. The number of carbonyl (C=O) groups excluding carboxylic acids is 1. The van der Waals surface area contributed by atoms with Gasteiger partial charge in [-0.15, -0.1) is 0 Å². The molecule has 1 aromatic heterocycles. The minimum absolute atomic E-state index is 0.00415. The summed E-state index contributed by atoms with van der Waals surface area (Å²) in [7, 11) is 1.71. The smallest absolute Gasteiger partial charge is 0.304 e. The van der Waals surface area contributed by atoms with Gasteiger partial charge in [-0.25, -0.2) is 4.68 Å². The fraction of sp³-hybridized carbons (Fsp3) is 0.353. The molecule has 0 saturated heterocycles. The number of carbonyl (C=O) groups is 2. The van der Waals surface area contributed by atoms with Gasteiger partial charge in [0, 0.05) is 12.6 Å². The predicted molar refractivity (Wildman–Crippen MR) is 91.4 cm³/mol. The minimum atomic E-state index is -0.879. The molecule has 1 amide bonds. The molecule has 0 unspecified atom stereocenters. The van der Waals surface area contributed by atoms with E-state index in [9.17, 15) is 9.59 Å². The van der Waals surface area contributed by atoms with Crippen LogP contribution in [-0.4, -0.2) is 51.8 Å². The van der Waals surface area contributed by atoms with Crippen LogP contribution in [-0.2, 0) is 9.59 Å². The van der Waals surface area contributed by atoms with E-state index in [1.165, 1.54) is 0 Å². The Morgan fingerprint density at radius 2 is 1.92 bits per heavy atom. The van der Waals surface area contributed by atoms with Crippen molar-refractivity contribution in [3.63, 3.8) is 0 Å². The van der Waals surface area contributed by atoms with Gasteiger partial charge in [-0.3, -0.25) is 14.5 Å². The Labute approximate surface area is 140 Å². The van der Waals surface area contributed by atoms with Crippen molar-refractivity contribution in [1.29, 1.82) is 0 Å². The highest BCUT2D eigenvalue weighted by Gasteiger charge is 2.13. The first kappa shape index (κ1) is 17.7. The Morgan fingerprint density at radius 1 is 1.25 bits per heavy atom. The molecule has 0 radical (unpaired) electrons. The van der Waals surface area contributed by atoms with Crippen molar-refractivity contribution in [2.75, 3.05) is 25.5 Å². The van der Waals surface area contributed by atoms with E-state index in [0.717, 1.165) is 16.9 Å². The maximum atomic E-state index is 12.2. The van der Waals surface area contributed by atoms with Gasteiger partial charge >= 0.3 is 5.97 Å². The third kappa shape index (κ3) is 4.92. The van der Waals surface area contributed by atoms with Crippen LogP contribution in [0.3, 0.4) is 0 Å². The van der Waals surface area contributed by atoms with Crippen LogP contribution in [0.4, 0.5) is 5.82 Å². The average molecular weight is 330 g/mol. The van der Waals surface area contributed by atoms with Gasteiger partial charge in [0.05, 0.1) is 24.3 Å². The number of amides is 1. The summed E-state index contributed by atoms with van der Waals surface area (Å²) in [6, 6.07) is 9.65. The summed E-state index contributed by atoms with van der Waals surface area (Å²) in [5, 5.41) is 15.9. The summed E-state index contributed by atoms with van der Waals surface area (Å²) >= 11 is 0. The van der Waals surface area contributed by atoms with Crippen molar-refractivity contribution < 1.29 is 14.7 Å². The average Bonchev–Trinajstić information content (AvgIpc) is 2.86. The van der Waals surface area contributed by atoms with Gasteiger partial charge in [-0.05, 0) is 33.0 Å². The number of anilines is 1. The number of nitrogens with zero attached hydrogens (tertiary/aromatic N) is 3. The number of carboxylic acids is 1. The predicted octanol–water partition coefficient (Wildman–Crippen LogP) is 1.83. The molecule has 0 spiro atoms. The molecular formula is C17H22N4O3. The summed E-state index contributed by atoms with van der Waals surface area (Å²) in [5.41, 5.74) is 2.81. The van der Waals surface area contributed by atoms with Gasteiger partial charge < -0.3 is 10.4 Å². The van der Waals surface area contributed by atoms with Crippen LogP contribution in [0.2, 0.25) is 0 Å². The first-order valence-electron chi connectivity index (χ1n) is 7.69. The number of aryl methyl sites for hydroxylation is 2. The number of nitrogens with one attached hydrogen (secondary N) is 1. The molecule has 1 heterocycles. The lowest BCUT2D eigenvalue weighted by molar-refractivity contribution is -0.137. The molecule has 7 nitrogen and oxygen atoms in total. The Morgan fingerprint density at radius 3 is 2.54 bits per heavy atom. The summed E-state index contributed by atoms with van der Waals surface area (Å²) in [6.07, 6.45) is 0.00415. The van der Waals surface area contributed by atoms with Crippen LogP contribution >= 0.6 is 0 Å². The van der Waals surface area contributed by atoms with Crippen molar-refractivity contribution >= 4 is 17.7 Å².